The second-order valence-electron chi connectivity index (χ2n) is 8.26. The molecule has 0 saturated carbocycles. The van der Waals surface area contributed by atoms with Gasteiger partial charge in [-0.25, -0.2) is 4.72 Å². The number of aryl methyl sites for hydroxylation is 1. The van der Waals surface area contributed by atoms with Gasteiger partial charge >= 0.3 is 0 Å². The molecule has 1 aliphatic rings. The third kappa shape index (κ3) is 6.06. The molecule has 6 heteroatoms. The maximum absolute atomic E-state index is 4.71. The first-order valence-electron chi connectivity index (χ1n) is 11.8. The van der Waals surface area contributed by atoms with Gasteiger partial charge in [0.05, 0.1) is 5.69 Å². The largest absolute Gasteiger partial charge is 0.326 e. The van der Waals surface area contributed by atoms with E-state index < -0.39 is 0 Å². The standard InChI is InChI=1S/C25H24N4S2.C3H8/c1-18-7-8-20(17-24(18)25-23-6-3-2-5-19(23)13-15-26-25)28-30-22-11-9-21(10-12-22)29-16-4-14-27-31-29;1-3-2/h2-3,5-13,15,17,27-28H,4,14,16H2,1H3;3H2,1-2H3. The minimum atomic E-state index is 1.03. The van der Waals surface area contributed by atoms with Gasteiger partial charge in [0.2, 0.25) is 0 Å². The van der Waals surface area contributed by atoms with E-state index in [1.165, 1.54) is 39.8 Å². The van der Waals surface area contributed by atoms with Crippen LogP contribution in [0.5, 0.6) is 0 Å². The van der Waals surface area contributed by atoms with Crippen molar-refractivity contribution in [1.29, 1.82) is 0 Å². The summed E-state index contributed by atoms with van der Waals surface area (Å²) < 4.78 is 9.15. The highest BCUT2D eigenvalue weighted by Gasteiger charge is 2.12. The smallest absolute Gasteiger partial charge is 0.0783 e. The number of hydrogen-bond acceptors (Lipinski definition) is 6. The van der Waals surface area contributed by atoms with Gasteiger partial charge in [-0.05, 0) is 78.7 Å². The fourth-order valence-corrected chi connectivity index (χ4v) is 5.19. The second kappa shape index (κ2) is 12.2. The van der Waals surface area contributed by atoms with Crippen molar-refractivity contribution in [2.75, 3.05) is 22.1 Å². The van der Waals surface area contributed by atoms with Gasteiger partial charge in [-0.15, -0.1) is 0 Å². The second-order valence-corrected chi connectivity index (χ2v) is 10.0. The van der Waals surface area contributed by atoms with Crippen LogP contribution < -0.4 is 13.7 Å². The molecule has 34 heavy (non-hydrogen) atoms. The average molecular weight is 489 g/mol. The fourth-order valence-electron chi connectivity index (χ4n) is 3.72. The van der Waals surface area contributed by atoms with E-state index in [-0.39, 0.29) is 0 Å². The monoisotopic (exact) mass is 488 g/mol. The Morgan fingerprint density at radius 2 is 1.82 bits per heavy atom. The van der Waals surface area contributed by atoms with Crippen molar-refractivity contribution in [2.24, 2.45) is 0 Å². The molecule has 0 aliphatic carbocycles. The van der Waals surface area contributed by atoms with Gasteiger partial charge in [-0.3, -0.25) is 4.98 Å². The highest BCUT2D eigenvalue weighted by molar-refractivity contribution is 8.00. The average Bonchev–Trinajstić information content (AvgIpc) is 2.89. The summed E-state index contributed by atoms with van der Waals surface area (Å²) >= 11 is 3.32. The minimum absolute atomic E-state index is 1.03. The quantitative estimate of drug-likeness (QED) is 0.277. The van der Waals surface area contributed by atoms with Crippen LogP contribution in [0.15, 0.2) is 83.9 Å². The Morgan fingerprint density at radius 3 is 2.59 bits per heavy atom. The summed E-state index contributed by atoms with van der Waals surface area (Å²) in [4.78, 5) is 5.89. The van der Waals surface area contributed by atoms with Crippen molar-refractivity contribution in [3.8, 4) is 11.3 Å². The molecule has 0 radical (unpaired) electrons. The molecule has 1 saturated heterocycles. The van der Waals surface area contributed by atoms with Gasteiger partial charge in [-0.2, -0.15) is 0 Å². The van der Waals surface area contributed by atoms with E-state index in [1.54, 1.807) is 24.1 Å². The SMILES string of the molecule is CCC.Cc1ccc(NSc2ccc(N3CCCNS3)cc2)cc1-c1nccc2ccccc12. The molecule has 4 aromatic rings. The summed E-state index contributed by atoms with van der Waals surface area (Å²) in [6, 6.07) is 25.7. The normalized spacial score (nSPS) is 13.3. The van der Waals surface area contributed by atoms with Crippen molar-refractivity contribution in [3.63, 3.8) is 0 Å². The van der Waals surface area contributed by atoms with Crippen LogP contribution in [0.2, 0.25) is 0 Å². The number of benzene rings is 3. The van der Waals surface area contributed by atoms with E-state index in [0.717, 1.165) is 30.0 Å². The Labute approximate surface area is 212 Å². The van der Waals surface area contributed by atoms with Crippen LogP contribution in [-0.4, -0.2) is 18.1 Å². The third-order valence-electron chi connectivity index (χ3n) is 5.39. The first-order valence-corrected chi connectivity index (χ1v) is 13.4. The summed E-state index contributed by atoms with van der Waals surface area (Å²) in [6.45, 7) is 8.55. The maximum Gasteiger partial charge on any atom is 0.0783 e. The summed E-state index contributed by atoms with van der Waals surface area (Å²) in [6.07, 6.45) is 4.32. The molecular formula is C28H32N4S2. The number of aromatic nitrogens is 1. The number of nitrogens with zero attached hydrogens (tertiary/aromatic N) is 2. The predicted molar refractivity (Wildman–Crippen MR) is 151 cm³/mol. The number of anilines is 2. The molecule has 1 aromatic heterocycles. The van der Waals surface area contributed by atoms with Crippen molar-refractivity contribution in [3.05, 3.63) is 84.6 Å². The first-order chi connectivity index (χ1) is 16.7. The van der Waals surface area contributed by atoms with E-state index >= 15 is 0 Å². The van der Waals surface area contributed by atoms with E-state index in [0.29, 0.717) is 0 Å². The predicted octanol–water partition coefficient (Wildman–Crippen LogP) is 8.11. The van der Waals surface area contributed by atoms with Crippen LogP contribution in [0.3, 0.4) is 0 Å². The van der Waals surface area contributed by atoms with Crippen molar-refractivity contribution >= 4 is 46.2 Å². The number of fused-ring (bicyclic) bond motifs is 1. The zero-order valence-corrected chi connectivity index (χ0v) is 21.7. The Bertz CT molecular complexity index is 1200. The van der Waals surface area contributed by atoms with Crippen LogP contribution in [0.4, 0.5) is 11.4 Å². The highest BCUT2D eigenvalue weighted by atomic mass is 32.2. The summed E-state index contributed by atoms with van der Waals surface area (Å²) in [5, 5.41) is 2.39. The molecule has 1 fully saturated rings. The molecular weight excluding hydrogens is 456 g/mol. The molecule has 3 aromatic carbocycles. The topological polar surface area (TPSA) is 40.2 Å². The summed E-state index contributed by atoms with van der Waals surface area (Å²) in [5.74, 6) is 0. The van der Waals surface area contributed by atoms with E-state index in [2.05, 4.69) is 107 Å². The lowest BCUT2D eigenvalue weighted by atomic mass is 10.00. The van der Waals surface area contributed by atoms with E-state index in [4.69, 9.17) is 4.98 Å². The molecule has 2 N–H and O–H groups in total. The van der Waals surface area contributed by atoms with Crippen molar-refractivity contribution in [2.45, 2.75) is 38.5 Å². The molecule has 0 spiro atoms. The molecule has 0 bridgehead atoms. The molecule has 2 heterocycles. The van der Waals surface area contributed by atoms with E-state index in [1.807, 2.05) is 6.20 Å². The lowest BCUT2D eigenvalue weighted by Gasteiger charge is -2.27. The minimum Gasteiger partial charge on any atom is -0.326 e. The number of hydrogen-bond donors (Lipinski definition) is 2. The Morgan fingerprint density at radius 1 is 1.03 bits per heavy atom. The third-order valence-corrected chi connectivity index (χ3v) is 7.19. The number of nitrogens with one attached hydrogen (secondary N) is 2. The van der Waals surface area contributed by atoms with Crippen molar-refractivity contribution in [1.82, 2.24) is 9.71 Å². The molecule has 4 nitrogen and oxygen atoms in total. The van der Waals surface area contributed by atoms with Gasteiger partial charge < -0.3 is 9.03 Å². The molecule has 5 rings (SSSR count). The Kier molecular flexibility index (Phi) is 8.74. The Balaban J connectivity index is 0.000000868. The number of pyridine rings is 1. The van der Waals surface area contributed by atoms with Gasteiger partial charge in [0, 0.05) is 58.6 Å². The zero-order chi connectivity index (χ0) is 23.8. The first kappa shape index (κ1) is 24.5. The van der Waals surface area contributed by atoms with Gasteiger partial charge in [0.1, 0.15) is 0 Å². The van der Waals surface area contributed by atoms with Gasteiger partial charge in [0.25, 0.3) is 0 Å². The van der Waals surface area contributed by atoms with Crippen LogP contribution in [0, 0.1) is 6.92 Å². The highest BCUT2D eigenvalue weighted by Crippen LogP contribution is 2.33. The zero-order valence-electron chi connectivity index (χ0n) is 20.0. The lowest BCUT2D eigenvalue weighted by Crippen LogP contribution is -2.29. The van der Waals surface area contributed by atoms with E-state index in [9.17, 15) is 0 Å². The molecule has 0 unspecified atom stereocenters. The van der Waals surface area contributed by atoms with Crippen LogP contribution in [0.25, 0.3) is 22.0 Å². The van der Waals surface area contributed by atoms with Gasteiger partial charge in [0.15, 0.2) is 0 Å². The van der Waals surface area contributed by atoms with Crippen LogP contribution in [0.1, 0.15) is 32.3 Å². The Hall–Kier alpha value is -2.67. The molecule has 0 amide bonds. The summed E-state index contributed by atoms with van der Waals surface area (Å²) in [7, 11) is 0. The van der Waals surface area contributed by atoms with Crippen molar-refractivity contribution < 1.29 is 0 Å². The lowest BCUT2D eigenvalue weighted by molar-refractivity contribution is 0.777. The molecule has 176 valence electrons. The van der Waals surface area contributed by atoms with Gasteiger partial charge in [-0.1, -0.05) is 50.6 Å². The number of rotatable bonds is 5. The maximum atomic E-state index is 4.71. The molecule has 0 atom stereocenters. The van der Waals surface area contributed by atoms with Crippen LogP contribution in [-0.2, 0) is 0 Å². The van der Waals surface area contributed by atoms with Crippen LogP contribution >= 0.6 is 24.1 Å². The fraction of sp³-hybridized carbons (Fsp3) is 0.250. The summed E-state index contributed by atoms with van der Waals surface area (Å²) in [5.41, 5.74) is 5.71. The molecule has 1 aliphatic heterocycles.